The molecular formula is C10H20BrNO. The largest absolute Gasteiger partial charge is 0.356 e. The number of amides is 1. The fourth-order valence-electron chi connectivity index (χ4n) is 0.793. The van der Waals surface area contributed by atoms with Crippen molar-refractivity contribution in [3.05, 3.63) is 0 Å². The Morgan fingerprint density at radius 1 is 1.31 bits per heavy atom. The molecular weight excluding hydrogens is 230 g/mol. The number of carbonyl (C=O) groups is 1. The van der Waals surface area contributed by atoms with Crippen molar-refractivity contribution in [1.82, 2.24) is 5.32 Å². The molecule has 0 aliphatic rings. The van der Waals surface area contributed by atoms with Gasteiger partial charge in [0, 0.05) is 17.8 Å². The molecule has 0 aromatic heterocycles. The molecule has 0 radical (unpaired) electrons. The molecule has 1 N–H and O–H groups in total. The summed E-state index contributed by atoms with van der Waals surface area (Å²) in [5.74, 6) is 1.20. The summed E-state index contributed by atoms with van der Waals surface area (Å²) in [6.07, 6.45) is 0. The van der Waals surface area contributed by atoms with E-state index in [1.54, 1.807) is 0 Å². The zero-order valence-corrected chi connectivity index (χ0v) is 10.5. The average Bonchev–Trinajstić information content (AvgIpc) is 2.11. The van der Waals surface area contributed by atoms with Crippen LogP contribution < -0.4 is 5.32 Å². The molecule has 0 rings (SSSR count). The molecule has 0 aliphatic heterocycles. The van der Waals surface area contributed by atoms with Crippen molar-refractivity contribution in [2.45, 2.75) is 27.7 Å². The quantitative estimate of drug-likeness (QED) is 0.746. The molecule has 2 unspecified atom stereocenters. The van der Waals surface area contributed by atoms with Crippen molar-refractivity contribution < 1.29 is 4.79 Å². The van der Waals surface area contributed by atoms with Crippen molar-refractivity contribution in [3.63, 3.8) is 0 Å². The number of nitrogens with one attached hydrogen (secondary N) is 1. The zero-order valence-electron chi connectivity index (χ0n) is 8.93. The lowest BCUT2D eigenvalue weighted by Crippen LogP contribution is -2.35. The molecule has 0 heterocycles. The first-order valence-electron chi connectivity index (χ1n) is 4.82. The van der Waals surface area contributed by atoms with E-state index < -0.39 is 0 Å². The fourth-order valence-corrected chi connectivity index (χ4v) is 1.02. The Kier molecular flexibility index (Phi) is 6.39. The number of halogens is 1. The Morgan fingerprint density at radius 2 is 1.85 bits per heavy atom. The normalized spacial score (nSPS) is 15.5. The van der Waals surface area contributed by atoms with E-state index in [0.717, 1.165) is 11.9 Å². The fraction of sp³-hybridized carbons (Fsp3) is 0.900. The highest BCUT2D eigenvalue weighted by Crippen LogP contribution is 2.09. The van der Waals surface area contributed by atoms with Gasteiger partial charge in [-0.1, -0.05) is 43.6 Å². The molecule has 0 fully saturated rings. The maximum atomic E-state index is 11.5. The maximum absolute atomic E-state index is 11.5. The monoisotopic (exact) mass is 249 g/mol. The Bertz CT molecular complexity index is 159. The van der Waals surface area contributed by atoms with Crippen LogP contribution in [0, 0.1) is 17.8 Å². The van der Waals surface area contributed by atoms with Gasteiger partial charge in [0.05, 0.1) is 0 Å². The molecule has 0 aromatic rings. The molecule has 0 aromatic carbocycles. The van der Waals surface area contributed by atoms with Crippen molar-refractivity contribution in [3.8, 4) is 0 Å². The second-order valence-corrected chi connectivity index (χ2v) is 4.68. The zero-order chi connectivity index (χ0) is 10.4. The van der Waals surface area contributed by atoms with Crippen molar-refractivity contribution in [2.24, 2.45) is 17.8 Å². The summed E-state index contributed by atoms with van der Waals surface area (Å²) in [7, 11) is 0. The van der Waals surface area contributed by atoms with Gasteiger partial charge in [0.1, 0.15) is 0 Å². The summed E-state index contributed by atoms with van der Waals surface area (Å²) in [5, 5.41) is 3.88. The van der Waals surface area contributed by atoms with Gasteiger partial charge in [-0.15, -0.1) is 0 Å². The van der Waals surface area contributed by atoms with E-state index in [2.05, 4.69) is 42.0 Å². The lowest BCUT2D eigenvalue weighted by atomic mass is 9.97. The molecule has 0 aliphatic carbocycles. The first-order valence-corrected chi connectivity index (χ1v) is 5.94. The Morgan fingerprint density at radius 3 is 2.23 bits per heavy atom. The molecule has 0 saturated carbocycles. The van der Waals surface area contributed by atoms with Crippen molar-refractivity contribution in [2.75, 3.05) is 11.9 Å². The Labute approximate surface area is 89.6 Å². The molecule has 78 valence electrons. The van der Waals surface area contributed by atoms with Crippen LogP contribution in [-0.2, 0) is 4.79 Å². The number of hydrogen-bond acceptors (Lipinski definition) is 1. The van der Waals surface area contributed by atoms with Crippen LogP contribution in [0.15, 0.2) is 0 Å². The van der Waals surface area contributed by atoms with Gasteiger partial charge in [-0.3, -0.25) is 4.79 Å². The highest BCUT2D eigenvalue weighted by atomic mass is 79.9. The van der Waals surface area contributed by atoms with Gasteiger partial charge >= 0.3 is 0 Å². The SMILES string of the molecule is CC(CBr)CNC(=O)C(C)C(C)C. The molecule has 1 amide bonds. The van der Waals surface area contributed by atoms with E-state index >= 15 is 0 Å². The van der Waals surface area contributed by atoms with Crippen LogP contribution in [0.2, 0.25) is 0 Å². The minimum Gasteiger partial charge on any atom is -0.356 e. The predicted molar refractivity (Wildman–Crippen MR) is 60.0 cm³/mol. The van der Waals surface area contributed by atoms with E-state index in [0.29, 0.717) is 11.8 Å². The minimum atomic E-state index is 0.113. The smallest absolute Gasteiger partial charge is 0.223 e. The van der Waals surface area contributed by atoms with E-state index in [4.69, 9.17) is 0 Å². The highest BCUT2D eigenvalue weighted by molar-refractivity contribution is 9.09. The summed E-state index contributed by atoms with van der Waals surface area (Å²) < 4.78 is 0. The van der Waals surface area contributed by atoms with Gasteiger partial charge in [-0.25, -0.2) is 0 Å². The summed E-state index contributed by atoms with van der Waals surface area (Å²) in [6.45, 7) is 8.98. The van der Waals surface area contributed by atoms with Crippen LogP contribution >= 0.6 is 15.9 Å². The summed E-state index contributed by atoms with van der Waals surface area (Å²) >= 11 is 3.38. The van der Waals surface area contributed by atoms with Gasteiger partial charge in [-0.2, -0.15) is 0 Å². The van der Waals surface area contributed by atoms with Crippen LogP contribution in [0.25, 0.3) is 0 Å². The predicted octanol–water partition coefficient (Wildman–Crippen LogP) is 2.43. The lowest BCUT2D eigenvalue weighted by Gasteiger charge is -2.16. The number of carbonyl (C=O) groups excluding carboxylic acids is 1. The lowest BCUT2D eigenvalue weighted by molar-refractivity contribution is -0.125. The third-order valence-corrected chi connectivity index (χ3v) is 3.41. The standard InChI is InChI=1S/C10H20BrNO/c1-7(2)9(4)10(13)12-6-8(3)5-11/h7-9H,5-6H2,1-4H3,(H,12,13). The molecule has 0 bridgehead atoms. The van der Waals surface area contributed by atoms with Crippen LogP contribution in [0.4, 0.5) is 0 Å². The number of rotatable bonds is 5. The summed E-state index contributed by atoms with van der Waals surface area (Å²) in [4.78, 5) is 11.5. The van der Waals surface area contributed by atoms with Gasteiger partial charge in [0.2, 0.25) is 5.91 Å². The van der Waals surface area contributed by atoms with E-state index in [1.807, 2.05) is 6.92 Å². The van der Waals surface area contributed by atoms with E-state index in [1.165, 1.54) is 0 Å². The molecule has 13 heavy (non-hydrogen) atoms. The Balaban J connectivity index is 3.74. The summed E-state index contributed by atoms with van der Waals surface area (Å²) in [5.41, 5.74) is 0. The van der Waals surface area contributed by atoms with Gasteiger partial charge in [0.15, 0.2) is 0 Å². The van der Waals surface area contributed by atoms with Crippen LogP contribution in [0.1, 0.15) is 27.7 Å². The van der Waals surface area contributed by atoms with Crippen molar-refractivity contribution >= 4 is 21.8 Å². The second kappa shape index (κ2) is 6.41. The third kappa shape index (κ3) is 5.29. The second-order valence-electron chi connectivity index (χ2n) is 4.04. The first-order chi connectivity index (χ1) is 5.99. The highest BCUT2D eigenvalue weighted by Gasteiger charge is 2.16. The van der Waals surface area contributed by atoms with Gasteiger partial charge < -0.3 is 5.32 Å². The molecule has 0 saturated heterocycles. The molecule has 3 heteroatoms. The van der Waals surface area contributed by atoms with Crippen LogP contribution in [0.3, 0.4) is 0 Å². The topological polar surface area (TPSA) is 29.1 Å². The van der Waals surface area contributed by atoms with E-state index in [-0.39, 0.29) is 11.8 Å². The van der Waals surface area contributed by atoms with Crippen molar-refractivity contribution in [1.29, 1.82) is 0 Å². The maximum Gasteiger partial charge on any atom is 0.223 e. The van der Waals surface area contributed by atoms with Gasteiger partial charge in [-0.05, 0) is 11.8 Å². The van der Waals surface area contributed by atoms with Crippen LogP contribution in [-0.4, -0.2) is 17.8 Å². The number of alkyl halides is 1. The molecule has 2 nitrogen and oxygen atoms in total. The average molecular weight is 250 g/mol. The third-order valence-electron chi connectivity index (χ3n) is 2.30. The van der Waals surface area contributed by atoms with Gasteiger partial charge in [0.25, 0.3) is 0 Å². The molecule has 0 spiro atoms. The Hall–Kier alpha value is -0.0500. The molecule has 2 atom stereocenters. The summed E-state index contributed by atoms with van der Waals surface area (Å²) in [6, 6.07) is 0. The minimum absolute atomic E-state index is 0.113. The van der Waals surface area contributed by atoms with E-state index in [9.17, 15) is 4.79 Å². The first kappa shape index (κ1) is 12.9. The van der Waals surface area contributed by atoms with Crippen LogP contribution in [0.5, 0.6) is 0 Å². The number of hydrogen-bond donors (Lipinski definition) is 1.